The fourth-order valence-electron chi connectivity index (χ4n) is 3.47. The summed E-state index contributed by atoms with van der Waals surface area (Å²) < 4.78 is 11.3. The van der Waals surface area contributed by atoms with Crippen LogP contribution in [0.4, 0.5) is 11.4 Å². The number of morpholine rings is 1. The molecule has 1 atom stereocenters. The maximum absolute atomic E-state index is 12.9. The topological polar surface area (TPSA) is 71.1 Å². The normalized spacial score (nSPS) is 18.8. The van der Waals surface area contributed by atoms with Gasteiger partial charge in [0, 0.05) is 18.8 Å². The number of benzene rings is 2. The van der Waals surface area contributed by atoms with Crippen LogP contribution in [0.1, 0.15) is 0 Å². The number of fused-ring (bicyclic) bond motifs is 1. The largest absolute Gasteiger partial charge is 0.477 e. The summed E-state index contributed by atoms with van der Waals surface area (Å²) >= 11 is 0. The van der Waals surface area contributed by atoms with Gasteiger partial charge in [-0.2, -0.15) is 0 Å². The van der Waals surface area contributed by atoms with Gasteiger partial charge in [0.05, 0.1) is 32.0 Å². The van der Waals surface area contributed by atoms with Gasteiger partial charge in [0.25, 0.3) is 5.91 Å². The summed E-state index contributed by atoms with van der Waals surface area (Å²) in [5.74, 6) is 0.416. The highest BCUT2D eigenvalue weighted by atomic mass is 16.5. The molecule has 28 heavy (non-hydrogen) atoms. The Hall–Kier alpha value is -3.06. The van der Waals surface area contributed by atoms with Gasteiger partial charge >= 0.3 is 0 Å². The SMILES string of the molecule is O=C(CN1C[C@@H](C(=O)N2CCOCC2)Oc2ccccc21)Nc1ccccc1. The lowest BCUT2D eigenvalue weighted by molar-refractivity contribution is -0.142. The summed E-state index contributed by atoms with van der Waals surface area (Å²) in [6, 6.07) is 16.8. The van der Waals surface area contributed by atoms with E-state index < -0.39 is 6.10 Å². The molecule has 2 aromatic rings. The Morgan fingerprint density at radius 2 is 1.71 bits per heavy atom. The van der Waals surface area contributed by atoms with Crippen LogP contribution in [-0.4, -0.2) is 62.2 Å². The van der Waals surface area contributed by atoms with E-state index in [1.54, 1.807) is 4.90 Å². The summed E-state index contributed by atoms with van der Waals surface area (Å²) in [5.41, 5.74) is 1.56. The molecule has 0 unspecified atom stereocenters. The van der Waals surface area contributed by atoms with Crippen molar-refractivity contribution in [3.05, 3.63) is 54.6 Å². The van der Waals surface area contributed by atoms with Crippen molar-refractivity contribution in [2.24, 2.45) is 0 Å². The summed E-state index contributed by atoms with van der Waals surface area (Å²) in [6.07, 6.45) is -0.641. The Morgan fingerprint density at radius 3 is 2.50 bits per heavy atom. The van der Waals surface area contributed by atoms with E-state index in [0.29, 0.717) is 38.6 Å². The van der Waals surface area contributed by atoms with Crippen molar-refractivity contribution in [2.45, 2.75) is 6.10 Å². The van der Waals surface area contributed by atoms with E-state index in [-0.39, 0.29) is 18.4 Å². The van der Waals surface area contributed by atoms with E-state index in [0.717, 1.165) is 11.4 Å². The minimum Gasteiger partial charge on any atom is -0.477 e. The van der Waals surface area contributed by atoms with Crippen molar-refractivity contribution in [1.82, 2.24) is 4.90 Å². The molecule has 1 saturated heterocycles. The zero-order valence-electron chi connectivity index (χ0n) is 15.5. The van der Waals surface area contributed by atoms with E-state index in [9.17, 15) is 9.59 Å². The van der Waals surface area contributed by atoms with Crippen LogP contribution in [0.25, 0.3) is 0 Å². The number of ether oxygens (including phenoxy) is 2. The number of carbonyl (C=O) groups is 2. The van der Waals surface area contributed by atoms with Gasteiger partial charge in [0.2, 0.25) is 5.91 Å². The second kappa shape index (κ2) is 8.31. The van der Waals surface area contributed by atoms with Gasteiger partial charge in [-0.15, -0.1) is 0 Å². The highest BCUT2D eigenvalue weighted by Crippen LogP contribution is 2.33. The van der Waals surface area contributed by atoms with Gasteiger partial charge < -0.3 is 24.6 Å². The number of nitrogens with zero attached hydrogens (tertiary/aromatic N) is 2. The van der Waals surface area contributed by atoms with Crippen LogP contribution in [0.3, 0.4) is 0 Å². The summed E-state index contributed by atoms with van der Waals surface area (Å²) in [4.78, 5) is 29.1. The lowest BCUT2D eigenvalue weighted by Crippen LogP contribution is -2.53. The fourth-order valence-corrected chi connectivity index (χ4v) is 3.47. The van der Waals surface area contributed by atoms with Crippen LogP contribution in [0.5, 0.6) is 5.75 Å². The van der Waals surface area contributed by atoms with Gasteiger partial charge in [0.15, 0.2) is 6.10 Å². The highest BCUT2D eigenvalue weighted by Gasteiger charge is 2.34. The van der Waals surface area contributed by atoms with Crippen molar-refractivity contribution in [3.8, 4) is 5.75 Å². The van der Waals surface area contributed by atoms with Gasteiger partial charge in [-0.1, -0.05) is 30.3 Å². The quantitative estimate of drug-likeness (QED) is 0.874. The second-order valence-electron chi connectivity index (χ2n) is 6.81. The summed E-state index contributed by atoms with van der Waals surface area (Å²) in [5, 5.41) is 2.89. The molecule has 146 valence electrons. The number of rotatable bonds is 4. The van der Waals surface area contributed by atoms with Crippen molar-refractivity contribution >= 4 is 23.2 Å². The van der Waals surface area contributed by atoms with Crippen molar-refractivity contribution in [2.75, 3.05) is 49.6 Å². The van der Waals surface area contributed by atoms with E-state index in [1.807, 2.05) is 59.5 Å². The van der Waals surface area contributed by atoms with Crippen LogP contribution in [-0.2, 0) is 14.3 Å². The number of amides is 2. The molecule has 0 spiro atoms. The molecule has 2 heterocycles. The fraction of sp³-hybridized carbons (Fsp3) is 0.333. The number of carbonyl (C=O) groups excluding carboxylic acids is 2. The first-order valence-electron chi connectivity index (χ1n) is 9.43. The predicted molar refractivity (Wildman–Crippen MR) is 106 cm³/mol. The Labute approximate surface area is 163 Å². The smallest absolute Gasteiger partial charge is 0.265 e. The summed E-state index contributed by atoms with van der Waals surface area (Å²) in [6.45, 7) is 2.68. The number of hydrogen-bond donors (Lipinski definition) is 1. The molecule has 0 saturated carbocycles. The number of anilines is 2. The Kier molecular flexibility index (Phi) is 5.43. The van der Waals surface area contributed by atoms with E-state index in [2.05, 4.69) is 5.32 Å². The number of nitrogens with one attached hydrogen (secondary N) is 1. The Balaban J connectivity index is 1.48. The van der Waals surface area contributed by atoms with E-state index in [1.165, 1.54) is 0 Å². The Bertz CT molecular complexity index is 837. The predicted octanol–water partition coefficient (Wildman–Crippen LogP) is 1.75. The third-order valence-corrected chi connectivity index (χ3v) is 4.85. The molecule has 4 rings (SSSR count). The minimum absolute atomic E-state index is 0.0636. The molecule has 1 N–H and O–H groups in total. The molecule has 7 nitrogen and oxygen atoms in total. The maximum Gasteiger partial charge on any atom is 0.265 e. The zero-order chi connectivity index (χ0) is 19.3. The number of hydrogen-bond acceptors (Lipinski definition) is 5. The highest BCUT2D eigenvalue weighted by molar-refractivity contribution is 5.95. The molecule has 2 aromatic carbocycles. The average Bonchev–Trinajstić information content (AvgIpc) is 2.74. The maximum atomic E-state index is 12.9. The minimum atomic E-state index is -0.641. The molecule has 0 aromatic heterocycles. The molecule has 2 aliphatic heterocycles. The van der Waals surface area contributed by atoms with E-state index in [4.69, 9.17) is 9.47 Å². The first-order chi connectivity index (χ1) is 13.7. The lowest BCUT2D eigenvalue weighted by Gasteiger charge is -2.38. The monoisotopic (exact) mass is 381 g/mol. The Morgan fingerprint density at radius 1 is 1.00 bits per heavy atom. The van der Waals surface area contributed by atoms with Crippen LogP contribution in [0, 0.1) is 0 Å². The molecular formula is C21H23N3O4. The van der Waals surface area contributed by atoms with Gasteiger partial charge in [-0.25, -0.2) is 0 Å². The standard InChI is InChI=1S/C21H23N3O4/c25-20(22-16-6-2-1-3-7-16)15-24-14-19(21(26)23-10-12-27-13-11-23)28-18-9-5-4-8-17(18)24/h1-9,19H,10-15H2,(H,22,25)/t19-/m0/s1. The molecule has 2 aliphatic rings. The van der Waals surface area contributed by atoms with Crippen LogP contribution < -0.4 is 15.0 Å². The van der Waals surface area contributed by atoms with Crippen LogP contribution in [0.2, 0.25) is 0 Å². The van der Waals surface area contributed by atoms with Gasteiger partial charge in [-0.3, -0.25) is 9.59 Å². The van der Waals surface area contributed by atoms with Gasteiger partial charge in [0.1, 0.15) is 5.75 Å². The third-order valence-electron chi connectivity index (χ3n) is 4.85. The lowest BCUT2D eigenvalue weighted by atomic mass is 10.1. The van der Waals surface area contributed by atoms with E-state index >= 15 is 0 Å². The molecule has 0 bridgehead atoms. The molecule has 7 heteroatoms. The molecule has 1 fully saturated rings. The first-order valence-corrected chi connectivity index (χ1v) is 9.43. The van der Waals surface area contributed by atoms with Gasteiger partial charge in [-0.05, 0) is 24.3 Å². The molecule has 2 amide bonds. The van der Waals surface area contributed by atoms with Crippen molar-refractivity contribution < 1.29 is 19.1 Å². The first kappa shape index (κ1) is 18.3. The third kappa shape index (κ3) is 4.09. The average molecular weight is 381 g/mol. The van der Waals surface area contributed by atoms with Crippen LogP contribution >= 0.6 is 0 Å². The zero-order valence-corrected chi connectivity index (χ0v) is 15.5. The molecular weight excluding hydrogens is 358 g/mol. The van der Waals surface area contributed by atoms with Crippen LogP contribution in [0.15, 0.2) is 54.6 Å². The van der Waals surface area contributed by atoms with Crippen molar-refractivity contribution in [3.63, 3.8) is 0 Å². The second-order valence-corrected chi connectivity index (χ2v) is 6.81. The molecule has 0 radical (unpaired) electrons. The summed E-state index contributed by atoms with van der Waals surface area (Å²) in [7, 11) is 0. The molecule has 0 aliphatic carbocycles. The van der Waals surface area contributed by atoms with Crippen molar-refractivity contribution in [1.29, 1.82) is 0 Å². The number of para-hydroxylation sites is 3.